The first-order chi connectivity index (χ1) is 11.5. The molecule has 0 aromatic heterocycles. The summed E-state index contributed by atoms with van der Waals surface area (Å²) in [6, 6.07) is 2.02. The topological polar surface area (TPSA) is 122 Å². The Bertz CT molecular complexity index is 690. The Morgan fingerprint density at radius 1 is 1.12 bits per heavy atom. The highest BCUT2D eigenvalue weighted by atomic mass is 32.2. The number of hydrogen-bond acceptors (Lipinski definition) is 7. The molecule has 0 radical (unpaired) electrons. The van der Waals surface area contributed by atoms with Crippen molar-refractivity contribution in [3.05, 3.63) is 23.3 Å². The van der Waals surface area contributed by atoms with Gasteiger partial charge in [0.15, 0.2) is 0 Å². The molecule has 3 N–H and O–H groups in total. The number of alkyl halides is 3. The van der Waals surface area contributed by atoms with Crippen molar-refractivity contribution >= 4 is 15.9 Å². The lowest BCUT2D eigenvalue weighted by Gasteiger charge is -2.16. The number of nitrogens with one attached hydrogen (secondary N) is 1. The number of amides is 1. The summed E-state index contributed by atoms with van der Waals surface area (Å²) in [4.78, 5) is 11.9. The Hall–Kier alpha value is -2.05. The smallest absolute Gasteiger partial charge is 0.491 e. The van der Waals surface area contributed by atoms with Crippen molar-refractivity contribution in [3.8, 4) is 11.5 Å². The molecule has 0 aliphatic heterocycles. The highest BCUT2D eigenvalue weighted by Gasteiger charge is 2.47. The molecule has 0 saturated heterocycles. The summed E-state index contributed by atoms with van der Waals surface area (Å²) < 4.78 is 70.3. The van der Waals surface area contributed by atoms with Crippen LogP contribution in [0.3, 0.4) is 0 Å². The van der Waals surface area contributed by atoms with E-state index >= 15 is 0 Å². The zero-order valence-corrected chi connectivity index (χ0v) is 13.8. The predicted molar refractivity (Wildman–Crippen MR) is 78.8 cm³/mol. The SMILES string of the molecule is Cc1c(OCCO)cc(C(=O)NS(=O)(=O)C(F)(F)F)cc1OCCO. The van der Waals surface area contributed by atoms with Crippen molar-refractivity contribution in [3.63, 3.8) is 0 Å². The van der Waals surface area contributed by atoms with Gasteiger partial charge in [0.1, 0.15) is 24.7 Å². The van der Waals surface area contributed by atoms with Gasteiger partial charge < -0.3 is 19.7 Å². The van der Waals surface area contributed by atoms with Gasteiger partial charge >= 0.3 is 15.5 Å². The van der Waals surface area contributed by atoms with E-state index in [1.165, 1.54) is 6.92 Å². The van der Waals surface area contributed by atoms with Crippen LogP contribution in [0.1, 0.15) is 15.9 Å². The third kappa shape index (κ3) is 5.47. The lowest BCUT2D eigenvalue weighted by Crippen LogP contribution is -2.40. The fraction of sp³-hybridized carbons (Fsp3) is 0.462. The fourth-order valence-corrected chi connectivity index (χ4v) is 2.12. The summed E-state index contributed by atoms with van der Waals surface area (Å²) in [6.45, 7) is 0.419. The molecule has 0 unspecified atom stereocenters. The Balaban J connectivity index is 3.22. The summed E-state index contributed by atoms with van der Waals surface area (Å²) in [5.74, 6) is -1.54. The first-order valence-electron chi connectivity index (χ1n) is 6.79. The van der Waals surface area contributed by atoms with Crippen LogP contribution in [0.25, 0.3) is 0 Å². The predicted octanol–water partition coefficient (Wildman–Crippen LogP) is 0.317. The molecule has 8 nitrogen and oxygen atoms in total. The van der Waals surface area contributed by atoms with Gasteiger partial charge in [0.2, 0.25) is 0 Å². The zero-order chi connectivity index (χ0) is 19.3. The van der Waals surface area contributed by atoms with Crippen LogP contribution < -0.4 is 14.2 Å². The fourth-order valence-electron chi connectivity index (χ4n) is 1.64. The molecular formula is C13H16F3NO7S. The number of ether oxygens (including phenoxy) is 2. The van der Waals surface area contributed by atoms with E-state index in [4.69, 9.17) is 19.7 Å². The molecule has 0 fully saturated rings. The van der Waals surface area contributed by atoms with Crippen molar-refractivity contribution in [1.82, 2.24) is 4.72 Å². The molecular weight excluding hydrogens is 371 g/mol. The molecule has 0 aliphatic carbocycles. The van der Waals surface area contributed by atoms with Crippen molar-refractivity contribution in [1.29, 1.82) is 0 Å². The standard InChI is InChI=1S/C13H16F3NO7S/c1-8-10(23-4-2-18)6-9(7-11(8)24-5-3-19)12(20)17-25(21,22)13(14,15)16/h6-7,18-19H,2-5H2,1H3,(H,17,20). The Morgan fingerprint density at radius 2 is 1.56 bits per heavy atom. The summed E-state index contributed by atoms with van der Waals surface area (Å²) >= 11 is 0. The van der Waals surface area contributed by atoms with Crippen molar-refractivity contribution in [2.75, 3.05) is 26.4 Å². The normalized spacial score (nSPS) is 11.9. The van der Waals surface area contributed by atoms with E-state index in [1.807, 2.05) is 0 Å². The maximum absolute atomic E-state index is 12.4. The third-order valence-electron chi connectivity index (χ3n) is 2.80. The number of benzene rings is 1. The Morgan fingerprint density at radius 3 is 1.92 bits per heavy atom. The lowest BCUT2D eigenvalue weighted by molar-refractivity contribution is -0.0446. The van der Waals surface area contributed by atoms with Crippen LogP contribution >= 0.6 is 0 Å². The number of carbonyl (C=O) groups excluding carboxylic acids is 1. The minimum Gasteiger partial charge on any atom is -0.491 e. The van der Waals surface area contributed by atoms with Gasteiger partial charge in [0, 0.05) is 11.1 Å². The van der Waals surface area contributed by atoms with Gasteiger partial charge in [-0.05, 0) is 19.1 Å². The van der Waals surface area contributed by atoms with Crippen LogP contribution in [0.15, 0.2) is 12.1 Å². The van der Waals surface area contributed by atoms with Gasteiger partial charge in [-0.15, -0.1) is 0 Å². The van der Waals surface area contributed by atoms with E-state index in [0.717, 1.165) is 16.9 Å². The van der Waals surface area contributed by atoms with Gasteiger partial charge in [-0.3, -0.25) is 4.79 Å². The number of aliphatic hydroxyl groups is 2. The molecule has 0 heterocycles. The van der Waals surface area contributed by atoms with Crippen molar-refractivity contribution in [2.45, 2.75) is 12.4 Å². The maximum atomic E-state index is 12.4. The third-order valence-corrected chi connectivity index (χ3v) is 3.87. The number of sulfonamides is 1. The second-order valence-corrected chi connectivity index (χ2v) is 6.30. The Labute approximate surface area is 141 Å². The summed E-state index contributed by atoms with van der Waals surface area (Å²) in [6.07, 6.45) is 0. The van der Waals surface area contributed by atoms with Gasteiger partial charge in [-0.1, -0.05) is 0 Å². The minimum atomic E-state index is -5.88. The summed E-state index contributed by atoms with van der Waals surface area (Å²) in [7, 11) is -5.88. The van der Waals surface area contributed by atoms with E-state index in [1.54, 1.807) is 0 Å². The van der Waals surface area contributed by atoms with E-state index in [-0.39, 0.29) is 37.9 Å². The largest absolute Gasteiger partial charge is 0.516 e. The number of hydrogen-bond donors (Lipinski definition) is 3. The molecule has 12 heteroatoms. The molecule has 0 bridgehead atoms. The Kier molecular flexibility index (Phi) is 7.02. The maximum Gasteiger partial charge on any atom is 0.516 e. The van der Waals surface area contributed by atoms with Crippen LogP contribution in [-0.2, 0) is 10.0 Å². The number of halogens is 3. The average Bonchev–Trinajstić information content (AvgIpc) is 2.51. The van der Waals surface area contributed by atoms with Gasteiger partial charge in [-0.25, -0.2) is 4.72 Å². The van der Waals surface area contributed by atoms with Crippen LogP contribution in [0.4, 0.5) is 13.2 Å². The van der Waals surface area contributed by atoms with Crippen molar-refractivity contribution < 1.29 is 46.1 Å². The van der Waals surface area contributed by atoms with E-state index < -0.39 is 27.0 Å². The summed E-state index contributed by atoms with van der Waals surface area (Å²) in [5, 5.41) is 17.6. The second kappa shape index (κ2) is 8.36. The minimum absolute atomic E-state index is 0.000883. The van der Waals surface area contributed by atoms with E-state index in [9.17, 15) is 26.4 Å². The monoisotopic (exact) mass is 387 g/mol. The molecule has 1 aromatic rings. The van der Waals surface area contributed by atoms with Crippen LogP contribution in [-0.4, -0.2) is 56.5 Å². The zero-order valence-electron chi connectivity index (χ0n) is 13.0. The molecule has 1 aromatic carbocycles. The van der Waals surface area contributed by atoms with Gasteiger partial charge in [0.05, 0.1) is 13.2 Å². The first-order valence-corrected chi connectivity index (χ1v) is 8.27. The van der Waals surface area contributed by atoms with Crippen LogP contribution in [0, 0.1) is 6.92 Å². The number of aliphatic hydroxyl groups excluding tert-OH is 2. The molecule has 0 atom stereocenters. The van der Waals surface area contributed by atoms with E-state index in [0.29, 0.717) is 5.56 Å². The van der Waals surface area contributed by atoms with Gasteiger partial charge in [-0.2, -0.15) is 21.6 Å². The molecule has 25 heavy (non-hydrogen) atoms. The van der Waals surface area contributed by atoms with Crippen LogP contribution in [0.5, 0.6) is 11.5 Å². The van der Waals surface area contributed by atoms with Crippen LogP contribution in [0.2, 0.25) is 0 Å². The number of rotatable bonds is 8. The molecule has 1 amide bonds. The highest BCUT2D eigenvalue weighted by Crippen LogP contribution is 2.30. The van der Waals surface area contributed by atoms with E-state index in [2.05, 4.69) is 0 Å². The average molecular weight is 387 g/mol. The molecule has 142 valence electrons. The second-order valence-electron chi connectivity index (χ2n) is 4.62. The van der Waals surface area contributed by atoms with Crippen molar-refractivity contribution in [2.24, 2.45) is 0 Å². The quantitative estimate of drug-likeness (QED) is 0.587. The highest BCUT2D eigenvalue weighted by molar-refractivity contribution is 7.90. The molecule has 0 saturated carbocycles. The first kappa shape index (κ1) is 21.0. The summed E-state index contributed by atoms with van der Waals surface area (Å²) in [5.41, 5.74) is -5.78. The lowest BCUT2D eigenvalue weighted by atomic mass is 10.1. The molecule has 1 rings (SSSR count). The molecule has 0 spiro atoms. The van der Waals surface area contributed by atoms with Gasteiger partial charge in [0.25, 0.3) is 5.91 Å². The number of carbonyl (C=O) groups is 1. The molecule has 0 aliphatic rings.